The van der Waals surface area contributed by atoms with Gasteiger partial charge in [-0.3, -0.25) is 14.6 Å². The number of carbonyl (C=O) groups is 2. The minimum atomic E-state index is -0.441. The zero-order valence-corrected chi connectivity index (χ0v) is 15.4. The number of thioether (sulfide) groups is 1. The number of ether oxygens (including phenoxy) is 1. The first-order valence-corrected chi connectivity index (χ1v) is 9.46. The first-order valence-electron chi connectivity index (χ1n) is 7.79. The average molecular weight is 412 g/mol. The van der Waals surface area contributed by atoms with Crippen LogP contribution in [0.15, 0.2) is 33.7 Å². The second kappa shape index (κ2) is 8.13. The maximum Gasteiger partial charge on any atom is 0.240 e. The van der Waals surface area contributed by atoms with Crippen molar-refractivity contribution in [3.05, 3.63) is 28.7 Å². The monoisotopic (exact) mass is 411 g/mol. The summed E-state index contributed by atoms with van der Waals surface area (Å²) in [5, 5.41) is 5.67. The molecule has 2 amide bonds. The number of aliphatic imine (C=N–C) groups is 1. The molecular weight excluding hydrogens is 394 g/mol. The maximum atomic E-state index is 12.1. The fraction of sp³-hybridized carbons (Fsp3) is 0.438. The molecule has 0 aliphatic carbocycles. The predicted octanol–water partition coefficient (Wildman–Crippen LogP) is 2.54. The van der Waals surface area contributed by atoms with E-state index in [0.29, 0.717) is 17.4 Å². The van der Waals surface area contributed by atoms with Crippen LogP contribution in [0.3, 0.4) is 0 Å². The number of amides is 2. The summed E-state index contributed by atoms with van der Waals surface area (Å²) in [5.41, 5.74) is 0.707. The zero-order valence-electron chi connectivity index (χ0n) is 13.0. The van der Waals surface area contributed by atoms with Crippen LogP contribution in [0.25, 0.3) is 0 Å². The van der Waals surface area contributed by atoms with Crippen molar-refractivity contribution in [2.45, 2.75) is 30.6 Å². The molecule has 24 heavy (non-hydrogen) atoms. The van der Waals surface area contributed by atoms with Crippen LogP contribution in [0, 0.1) is 0 Å². The van der Waals surface area contributed by atoms with Gasteiger partial charge < -0.3 is 15.4 Å². The summed E-state index contributed by atoms with van der Waals surface area (Å²) in [6.07, 6.45) is 2.34. The predicted molar refractivity (Wildman–Crippen MR) is 98.2 cm³/mol. The molecule has 2 atom stereocenters. The number of amidine groups is 1. The zero-order chi connectivity index (χ0) is 16.9. The molecule has 2 heterocycles. The van der Waals surface area contributed by atoms with E-state index >= 15 is 0 Å². The topological polar surface area (TPSA) is 79.8 Å². The van der Waals surface area contributed by atoms with E-state index in [1.54, 1.807) is 12.1 Å². The van der Waals surface area contributed by atoms with Crippen molar-refractivity contribution in [1.82, 2.24) is 5.32 Å². The lowest BCUT2D eigenvalue weighted by molar-refractivity contribution is -0.122. The average Bonchev–Trinajstić information content (AvgIpc) is 3.18. The van der Waals surface area contributed by atoms with E-state index in [0.717, 1.165) is 23.9 Å². The van der Waals surface area contributed by atoms with E-state index in [1.165, 1.54) is 11.8 Å². The summed E-state index contributed by atoms with van der Waals surface area (Å²) < 4.78 is 6.45. The molecule has 0 saturated carbocycles. The number of rotatable bonds is 5. The van der Waals surface area contributed by atoms with E-state index in [4.69, 9.17) is 4.74 Å². The van der Waals surface area contributed by atoms with Crippen molar-refractivity contribution < 1.29 is 14.3 Å². The molecular formula is C16H18BrN3O3S. The minimum absolute atomic E-state index is 0.117. The molecule has 128 valence electrons. The molecule has 0 unspecified atom stereocenters. The molecule has 0 radical (unpaired) electrons. The van der Waals surface area contributed by atoms with Gasteiger partial charge in [-0.2, -0.15) is 0 Å². The third kappa shape index (κ3) is 4.81. The van der Waals surface area contributed by atoms with Crippen LogP contribution < -0.4 is 10.6 Å². The lowest BCUT2D eigenvalue weighted by atomic mass is 10.2. The second-order valence-electron chi connectivity index (χ2n) is 5.64. The number of carbonyl (C=O) groups excluding carboxylic acids is 2. The molecule has 3 rings (SSSR count). The normalized spacial score (nSPS) is 25.0. The lowest BCUT2D eigenvalue weighted by Crippen LogP contribution is -2.28. The number of benzene rings is 1. The van der Waals surface area contributed by atoms with Crippen molar-refractivity contribution in [3.63, 3.8) is 0 Å². The maximum absolute atomic E-state index is 12.1. The van der Waals surface area contributed by atoms with Gasteiger partial charge in [0.15, 0.2) is 5.17 Å². The van der Waals surface area contributed by atoms with Gasteiger partial charge in [-0.15, -0.1) is 0 Å². The van der Waals surface area contributed by atoms with E-state index < -0.39 is 5.25 Å². The molecule has 0 spiro atoms. The van der Waals surface area contributed by atoms with Crippen LogP contribution in [0.2, 0.25) is 0 Å². The van der Waals surface area contributed by atoms with Crippen molar-refractivity contribution in [2.75, 3.05) is 18.5 Å². The number of nitrogens with one attached hydrogen (secondary N) is 2. The first kappa shape index (κ1) is 17.4. The standard InChI is InChI=1S/C16H18BrN3O3S/c17-10-3-5-11(6-4-10)19-14(21)8-13-15(22)20-16(24-13)18-9-12-2-1-7-23-12/h3-6,12-13H,1-2,7-9H2,(H,19,21)(H,18,20,22)/t12-,13-/m1/s1. The summed E-state index contributed by atoms with van der Waals surface area (Å²) in [6.45, 7) is 1.34. The molecule has 2 aliphatic rings. The van der Waals surface area contributed by atoms with Crippen LogP contribution in [0.5, 0.6) is 0 Å². The Balaban J connectivity index is 1.49. The smallest absolute Gasteiger partial charge is 0.240 e. The van der Waals surface area contributed by atoms with Crippen LogP contribution in [-0.4, -0.2) is 41.5 Å². The van der Waals surface area contributed by atoms with Gasteiger partial charge in [0.1, 0.15) is 5.25 Å². The Kier molecular flexibility index (Phi) is 5.91. The fourth-order valence-corrected chi connectivity index (χ4v) is 3.74. The summed E-state index contributed by atoms with van der Waals surface area (Å²) in [6, 6.07) is 7.31. The highest BCUT2D eigenvalue weighted by Gasteiger charge is 2.32. The Morgan fingerprint density at radius 3 is 2.92 bits per heavy atom. The molecule has 0 aromatic heterocycles. The first-order chi connectivity index (χ1) is 11.6. The van der Waals surface area contributed by atoms with E-state index in [2.05, 4.69) is 31.6 Å². The van der Waals surface area contributed by atoms with Crippen LogP contribution in [0.4, 0.5) is 5.69 Å². The largest absolute Gasteiger partial charge is 0.376 e. The molecule has 1 aromatic carbocycles. The molecule has 1 aromatic rings. The van der Waals surface area contributed by atoms with E-state index in [9.17, 15) is 9.59 Å². The number of nitrogens with zero attached hydrogens (tertiary/aromatic N) is 1. The molecule has 2 aliphatic heterocycles. The molecule has 8 heteroatoms. The van der Waals surface area contributed by atoms with Gasteiger partial charge >= 0.3 is 0 Å². The summed E-state index contributed by atoms with van der Waals surface area (Å²) >= 11 is 4.65. The Morgan fingerprint density at radius 2 is 2.21 bits per heavy atom. The van der Waals surface area contributed by atoms with Crippen LogP contribution in [-0.2, 0) is 14.3 Å². The molecule has 6 nitrogen and oxygen atoms in total. The molecule has 2 saturated heterocycles. The summed E-state index contributed by atoms with van der Waals surface area (Å²) in [5.74, 6) is -0.359. The van der Waals surface area contributed by atoms with Crippen LogP contribution >= 0.6 is 27.7 Å². The van der Waals surface area contributed by atoms with Crippen molar-refractivity contribution >= 4 is 50.4 Å². The van der Waals surface area contributed by atoms with Gasteiger partial charge in [0.25, 0.3) is 0 Å². The number of hydrogen-bond acceptors (Lipinski definition) is 5. The highest BCUT2D eigenvalue weighted by Crippen LogP contribution is 2.24. The minimum Gasteiger partial charge on any atom is -0.376 e. The van der Waals surface area contributed by atoms with Crippen molar-refractivity contribution in [1.29, 1.82) is 0 Å². The SMILES string of the molecule is O=C(C[C@H]1SC(=NC[C@H]2CCCO2)NC1=O)Nc1ccc(Br)cc1. The van der Waals surface area contributed by atoms with Gasteiger partial charge in [0.2, 0.25) is 11.8 Å². The quantitative estimate of drug-likeness (QED) is 0.779. The highest BCUT2D eigenvalue weighted by molar-refractivity contribution is 9.10. The van der Waals surface area contributed by atoms with E-state index in [-0.39, 0.29) is 24.3 Å². The number of halogens is 1. The van der Waals surface area contributed by atoms with Gasteiger partial charge in [-0.25, -0.2) is 0 Å². The Morgan fingerprint density at radius 1 is 1.42 bits per heavy atom. The number of hydrogen-bond donors (Lipinski definition) is 2. The molecule has 2 N–H and O–H groups in total. The van der Waals surface area contributed by atoms with Crippen molar-refractivity contribution in [3.8, 4) is 0 Å². The Bertz CT molecular complexity index is 644. The van der Waals surface area contributed by atoms with Gasteiger partial charge in [0, 0.05) is 23.2 Å². The number of anilines is 1. The summed E-state index contributed by atoms with van der Waals surface area (Å²) in [4.78, 5) is 28.5. The Labute approximate surface area is 152 Å². The molecule has 0 bridgehead atoms. The van der Waals surface area contributed by atoms with Crippen molar-refractivity contribution in [2.24, 2.45) is 4.99 Å². The van der Waals surface area contributed by atoms with Gasteiger partial charge in [0.05, 0.1) is 12.6 Å². The van der Waals surface area contributed by atoms with Crippen LogP contribution in [0.1, 0.15) is 19.3 Å². The van der Waals surface area contributed by atoms with E-state index in [1.807, 2.05) is 12.1 Å². The second-order valence-corrected chi connectivity index (χ2v) is 7.74. The fourth-order valence-electron chi connectivity index (χ4n) is 2.50. The third-order valence-corrected chi connectivity index (χ3v) is 5.39. The third-order valence-electron chi connectivity index (χ3n) is 3.74. The summed E-state index contributed by atoms with van der Waals surface area (Å²) in [7, 11) is 0. The van der Waals surface area contributed by atoms with Gasteiger partial charge in [-0.05, 0) is 37.1 Å². The molecule has 2 fully saturated rings. The highest BCUT2D eigenvalue weighted by atomic mass is 79.9. The van der Waals surface area contributed by atoms with Gasteiger partial charge in [-0.1, -0.05) is 27.7 Å². The Hall–Kier alpha value is -1.38. The lowest BCUT2D eigenvalue weighted by Gasteiger charge is -2.07.